The standard InChI is InChI=1S/C16H24FN3O/c1-2-9-20(15-7-4-8-18-11-15)12-16(21)19-14-6-3-5-13(17)10-14/h3,5-6,10,15,18H,2,4,7-9,11-12H2,1H3,(H,19,21). The van der Waals surface area contributed by atoms with Crippen molar-refractivity contribution in [3.63, 3.8) is 0 Å². The highest BCUT2D eigenvalue weighted by atomic mass is 19.1. The summed E-state index contributed by atoms with van der Waals surface area (Å²) in [6.45, 7) is 5.38. The lowest BCUT2D eigenvalue weighted by Crippen LogP contribution is -2.48. The predicted octanol–water partition coefficient (Wildman–Crippen LogP) is 2.23. The van der Waals surface area contributed by atoms with E-state index in [0.717, 1.165) is 38.9 Å². The molecule has 1 aromatic rings. The van der Waals surface area contributed by atoms with Gasteiger partial charge in [-0.25, -0.2) is 4.39 Å². The highest BCUT2D eigenvalue weighted by Crippen LogP contribution is 2.12. The lowest BCUT2D eigenvalue weighted by molar-refractivity contribution is -0.118. The summed E-state index contributed by atoms with van der Waals surface area (Å²) < 4.78 is 13.1. The van der Waals surface area contributed by atoms with Gasteiger partial charge in [0.25, 0.3) is 0 Å². The summed E-state index contributed by atoms with van der Waals surface area (Å²) in [6.07, 6.45) is 3.29. The molecule has 1 aliphatic rings. The second-order valence-corrected chi connectivity index (χ2v) is 5.53. The number of nitrogens with one attached hydrogen (secondary N) is 2. The minimum Gasteiger partial charge on any atom is -0.325 e. The van der Waals surface area contributed by atoms with Gasteiger partial charge in [0, 0.05) is 18.3 Å². The Hall–Kier alpha value is -1.46. The van der Waals surface area contributed by atoms with Crippen molar-refractivity contribution in [1.82, 2.24) is 10.2 Å². The van der Waals surface area contributed by atoms with E-state index in [0.29, 0.717) is 18.3 Å². The molecule has 1 unspecified atom stereocenters. The zero-order valence-corrected chi connectivity index (χ0v) is 12.6. The molecule has 0 spiro atoms. The second-order valence-electron chi connectivity index (χ2n) is 5.53. The van der Waals surface area contributed by atoms with Crippen LogP contribution in [0.5, 0.6) is 0 Å². The minimum absolute atomic E-state index is 0.0837. The van der Waals surface area contributed by atoms with Crippen molar-refractivity contribution in [3.05, 3.63) is 30.1 Å². The maximum atomic E-state index is 13.1. The van der Waals surface area contributed by atoms with Gasteiger partial charge in [-0.15, -0.1) is 0 Å². The molecule has 0 bridgehead atoms. The summed E-state index contributed by atoms with van der Waals surface area (Å²) in [7, 11) is 0. The molecule has 1 heterocycles. The largest absolute Gasteiger partial charge is 0.325 e. The van der Waals surface area contributed by atoms with Crippen LogP contribution in [0.15, 0.2) is 24.3 Å². The van der Waals surface area contributed by atoms with Gasteiger partial charge in [0.2, 0.25) is 5.91 Å². The fraction of sp³-hybridized carbons (Fsp3) is 0.562. The first-order valence-corrected chi connectivity index (χ1v) is 7.69. The summed E-state index contributed by atoms with van der Waals surface area (Å²) in [6, 6.07) is 6.42. The molecule has 2 rings (SSSR count). The van der Waals surface area contributed by atoms with E-state index >= 15 is 0 Å². The quantitative estimate of drug-likeness (QED) is 0.845. The van der Waals surface area contributed by atoms with E-state index in [4.69, 9.17) is 0 Å². The van der Waals surface area contributed by atoms with Crippen LogP contribution in [-0.2, 0) is 4.79 Å². The van der Waals surface area contributed by atoms with Crippen molar-refractivity contribution >= 4 is 11.6 Å². The van der Waals surface area contributed by atoms with Gasteiger partial charge in [-0.2, -0.15) is 0 Å². The first kappa shape index (κ1) is 15.9. The molecular formula is C16H24FN3O. The fourth-order valence-electron chi connectivity index (χ4n) is 2.77. The molecule has 4 nitrogen and oxygen atoms in total. The number of piperidine rings is 1. The normalized spacial score (nSPS) is 18.7. The summed E-state index contributed by atoms with van der Waals surface area (Å²) in [5.74, 6) is -0.422. The molecule has 116 valence electrons. The van der Waals surface area contributed by atoms with Crippen LogP contribution in [0.25, 0.3) is 0 Å². The third-order valence-electron chi connectivity index (χ3n) is 3.75. The Morgan fingerprint density at radius 2 is 2.38 bits per heavy atom. The molecule has 0 aromatic heterocycles. The van der Waals surface area contributed by atoms with Gasteiger partial charge >= 0.3 is 0 Å². The number of rotatable bonds is 6. The van der Waals surface area contributed by atoms with Crippen molar-refractivity contribution in [1.29, 1.82) is 0 Å². The van der Waals surface area contributed by atoms with Crippen LogP contribution in [0.2, 0.25) is 0 Å². The molecule has 1 amide bonds. The third kappa shape index (κ3) is 5.10. The Kier molecular flexibility index (Phi) is 6.14. The van der Waals surface area contributed by atoms with E-state index in [1.54, 1.807) is 12.1 Å². The van der Waals surface area contributed by atoms with Gasteiger partial charge in [-0.1, -0.05) is 13.0 Å². The van der Waals surface area contributed by atoms with Crippen molar-refractivity contribution in [2.45, 2.75) is 32.2 Å². The number of nitrogens with zero attached hydrogens (tertiary/aromatic N) is 1. The van der Waals surface area contributed by atoms with Gasteiger partial charge < -0.3 is 10.6 Å². The first-order chi connectivity index (χ1) is 10.2. The molecule has 0 aliphatic carbocycles. The third-order valence-corrected chi connectivity index (χ3v) is 3.75. The summed E-state index contributed by atoms with van der Waals surface area (Å²) in [4.78, 5) is 14.4. The SMILES string of the molecule is CCCN(CC(=O)Nc1cccc(F)c1)C1CCCNC1. The first-order valence-electron chi connectivity index (χ1n) is 7.69. The average Bonchev–Trinajstić information content (AvgIpc) is 2.47. The number of halogens is 1. The summed E-state index contributed by atoms with van der Waals surface area (Å²) >= 11 is 0. The van der Waals surface area contributed by atoms with E-state index in [2.05, 4.69) is 22.5 Å². The van der Waals surface area contributed by atoms with Gasteiger partial charge in [-0.05, 0) is 50.6 Å². The predicted molar refractivity (Wildman–Crippen MR) is 82.8 cm³/mol. The monoisotopic (exact) mass is 293 g/mol. The van der Waals surface area contributed by atoms with Crippen LogP contribution < -0.4 is 10.6 Å². The molecule has 1 saturated heterocycles. The Morgan fingerprint density at radius 1 is 1.52 bits per heavy atom. The highest BCUT2D eigenvalue weighted by molar-refractivity contribution is 5.92. The van der Waals surface area contributed by atoms with Gasteiger partial charge in [0.1, 0.15) is 5.82 Å². The molecular weight excluding hydrogens is 269 g/mol. The minimum atomic E-state index is -0.338. The topological polar surface area (TPSA) is 44.4 Å². The van der Waals surface area contributed by atoms with Gasteiger partial charge in [0.05, 0.1) is 6.54 Å². The Balaban J connectivity index is 1.91. The van der Waals surface area contributed by atoms with Crippen molar-refractivity contribution in [3.8, 4) is 0 Å². The molecule has 0 radical (unpaired) electrons. The van der Waals surface area contributed by atoms with Crippen LogP contribution in [0.1, 0.15) is 26.2 Å². The molecule has 0 saturated carbocycles. The number of carbonyl (C=O) groups excluding carboxylic acids is 1. The van der Waals surface area contributed by atoms with Crippen molar-refractivity contribution in [2.24, 2.45) is 0 Å². The number of hydrogen-bond acceptors (Lipinski definition) is 3. The number of hydrogen-bond donors (Lipinski definition) is 2. The van der Waals surface area contributed by atoms with Crippen LogP contribution >= 0.6 is 0 Å². The number of benzene rings is 1. The Bertz CT molecular complexity index is 461. The number of amides is 1. The smallest absolute Gasteiger partial charge is 0.238 e. The second kappa shape index (κ2) is 8.10. The molecule has 1 atom stereocenters. The molecule has 1 aliphatic heterocycles. The molecule has 2 N–H and O–H groups in total. The van der Waals surface area contributed by atoms with Crippen molar-refractivity contribution in [2.75, 3.05) is 31.5 Å². The Morgan fingerprint density at radius 3 is 3.05 bits per heavy atom. The highest BCUT2D eigenvalue weighted by Gasteiger charge is 2.22. The lowest BCUT2D eigenvalue weighted by atomic mass is 10.1. The van der Waals surface area contributed by atoms with Crippen LogP contribution in [0.3, 0.4) is 0 Å². The van der Waals surface area contributed by atoms with Crippen LogP contribution in [0, 0.1) is 5.82 Å². The van der Waals surface area contributed by atoms with Crippen molar-refractivity contribution < 1.29 is 9.18 Å². The zero-order valence-electron chi connectivity index (χ0n) is 12.6. The molecule has 21 heavy (non-hydrogen) atoms. The van der Waals surface area contributed by atoms with Gasteiger partial charge in [-0.3, -0.25) is 9.69 Å². The number of carbonyl (C=O) groups is 1. The van der Waals surface area contributed by atoms with E-state index in [1.165, 1.54) is 12.1 Å². The summed E-state index contributed by atoms with van der Waals surface area (Å²) in [5.41, 5.74) is 0.512. The maximum Gasteiger partial charge on any atom is 0.238 e. The van der Waals surface area contributed by atoms with E-state index in [9.17, 15) is 9.18 Å². The van der Waals surface area contributed by atoms with Crippen LogP contribution in [0.4, 0.5) is 10.1 Å². The zero-order chi connectivity index (χ0) is 15.1. The summed E-state index contributed by atoms with van der Waals surface area (Å²) in [5, 5.41) is 6.15. The van der Waals surface area contributed by atoms with E-state index in [1.807, 2.05) is 0 Å². The van der Waals surface area contributed by atoms with E-state index in [-0.39, 0.29) is 11.7 Å². The molecule has 5 heteroatoms. The van der Waals surface area contributed by atoms with Crippen LogP contribution in [-0.4, -0.2) is 43.0 Å². The fourth-order valence-corrected chi connectivity index (χ4v) is 2.77. The van der Waals surface area contributed by atoms with E-state index < -0.39 is 0 Å². The van der Waals surface area contributed by atoms with Gasteiger partial charge in [0.15, 0.2) is 0 Å². The Labute approximate surface area is 125 Å². The maximum absolute atomic E-state index is 13.1. The molecule has 1 aromatic carbocycles. The lowest BCUT2D eigenvalue weighted by Gasteiger charge is -2.34. The number of anilines is 1. The average molecular weight is 293 g/mol. The molecule has 1 fully saturated rings.